The number of halogens is 1. The molecule has 1 aliphatic rings. The van der Waals surface area contributed by atoms with E-state index >= 15 is 0 Å². The Labute approximate surface area is 79.6 Å². The second-order valence-corrected chi connectivity index (χ2v) is 6.05. The molecule has 0 saturated heterocycles. The van der Waals surface area contributed by atoms with E-state index in [1.54, 1.807) is 0 Å². The van der Waals surface area contributed by atoms with Crippen molar-refractivity contribution >= 4 is 38.4 Å². The molecule has 7 heteroatoms. The summed E-state index contributed by atoms with van der Waals surface area (Å²) in [5.41, 5.74) is 5.19. The maximum atomic E-state index is 11.0. The average molecular weight is 228 g/mol. The summed E-state index contributed by atoms with van der Waals surface area (Å²) in [4.78, 5) is 0.539. The summed E-state index contributed by atoms with van der Waals surface area (Å²) >= 11 is 6.68. The fraction of sp³-hybridized carbons (Fsp3) is 0.400. The molecule has 0 aliphatic carbocycles. The fourth-order valence-electron chi connectivity index (χ4n) is 0.830. The Kier molecular flexibility index (Phi) is 2.70. The normalized spacial score (nSPS) is 21.4. The number of amidine groups is 1. The summed E-state index contributed by atoms with van der Waals surface area (Å²) in [6.07, 6.45) is 0. The lowest BCUT2D eigenvalue weighted by Gasteiger charge is -1.93. The fourth-order valence-corrected chi connectivity index (χ4v) is 4.16. The van der Waals surface area contributed by atoms with E-state index < -0.39 is 9.84 Å². The number of hydrogen-bond acceptors (Lipinski definition) is 3. The smallest absolute Gasteiger partial charge is 0.281 e. The molecule has 0 radical (unpaired) electrons. The van der Waals surface area contributed by atoms with Gasteiger partial charge in [-0.25, -0.2) is 8.42 Å². The highest BCUT2D eigenvalue weighted by Gasteiger charge is 2.28. The van der Waals surface area contributed by atoms with Gasteiger partial charge >= 0.3 is 5.17 Å². The maximum Gasteiger partial charge on any atom is 0.304 e. The number of rotatable bonds is 1. The van der Waals surface area contributed by atoms with Crippen LogP contribution in [0.5, 0.6) is 0 Å². The van der Waals surface area contributed by atoms with Gasteiger partial charge in [0.1, 0.15) is 0 Å². The predicted octanol–water partition coefficient (Wildman–Crippen LogP) is -1.33. The molecule has 0 spiro atoms. The van der Waals surface area contributed by atoms with Crippen LogP contribution in [0.2, 0.25) is 0 Å². The van der Waals surface area contributed by atoms with E-state index in [9.17, 15) is 8.42 Å². The van der Waals surface area contributed by atoms with Crippen LogP contribution in [0.3, 0.4) is 0 Å². The van der Waals surface area contributed by atoms with Gasteiger partial charge in [0.2, 0.25) is 0 Å². The number of hydrogen-bond donors (Lipinski definition) is 2. The Morgan fingerprint density at radius 3 is 2.50 bits per heavy atom. The van der Waals surface area contributed by atoms with Crippen molar-refractivity contribution in [1.82, 2.24) is 0 Å². The maximum absolute atomic E-state index is 11.0. The third kappa shape index (κ3) is 2.40. The zero-order valence-corrected chi connectivity index (χ0v) is 8.47. The lowest BCUT2D eigenvalue weighted by molar-refractivity contribution is -0.110. The van der Waals surface area contributed by atoms with Crippen LogP contribution < -0.4 is 11.1 Å². The van der Waals surface area contributed by atoms with Gasteiger partial charge in [-0.2, -0.15) is 0 Å². The zero-order valence-electron chi connectivity index (χ0n) is 6.08. The third-order valence-electron chi connectivity index (χ3n) is 1.24. The van der Waals surface area contributed by atoms with Gasteiger partial charge < -0.3 is 0 Å². The molecule has 1 aliphatic heterocycles. The molecule has 4 N–H and O–H groups in total. The van der Waals surface area contributed by atoms with Gasteiger partial charge in [-0.05, 0) is 11.8 Å². The first-order valence-corrected chi connectivity index (χ1v) is 6.06. The quantitative estimate of drug-likeness (QED) is 0.430. The van der Waals surface area contributed by atoms with Gasteiger partial charge in [-0.3, -0.25) is 11.1 Å². The van der Waals surface area contributed by atoms with E-state index in [1.807, 2.05) is 0 Å². The Bertz CT molecular complexity index is 346. The Morgan fingerprint density at radius 1 is 1.58 bits per heavy atom. The first-order chi connectivity index (χ1) is 5.41. The van der Waals surface area contributed by atoms with Crippen LogP contribution in [0.15, 0.2) is 9.94 Å². The van der Waals surface area contributed by atoms with Crippen molar-refractivity contribution in [3.8, 4) is 0 Å². The van der Waals surface area contributed by atoms with Crippen molar-refractivity contribution < 1.29 is 13.8 Å². The molecule has 0 aromatic rings. The molecule has 0 bridgehead atoms. The minimum atomic E-state index is -3.04. The number of sulfone groups is 1. The molecule has 0 aromatic carbocycles. The molecule has 4 nitrogen and oxygen atoms in total. The summed E-state index contributed by atoms with van der Waals surface area (Å²) in [5.74, 6) is -0.140. The SMILES string of the molecule is NC(=[NH2+])SC1=C(Cl)CS(=O)(=O)C1. The van der Waals surface area contributed by atoms with Gasteiger partial charge in [0.15, 0.2) is 9.84 Å². The summed E-state index contributed by atoms with van der Waals surface area (Å²) < 4.78 is 22.0. The van der Waals surface area contributed by atoms with Gasteiger partial charge in [0.25, 0.3) is 0 Å². The summed E-state index contributed by atoms with van der Waals surface area (Å²) in [5, 5.41) is 5.63. The van der Waals surface area contributed by atoms with Crippen LogP contribution in [0.1, 0.15) is 0 Å². The van der Waals surface area contributed by atoms with Crippen LogP contribution in [0, 0.1) is 0 Å². The van der Waals surface area contributed by atoms with Crippen molar-refractivity contribution in [1.29, 1.82) is 0 Å². The van der Waals surface area contributed by atoms with Gasteiger partial charge in [-0.15, -0.1) is 0 Å². The molecule has 1 rings (SSSR count). The number of nitrogens with two attached hydrogens (primary N) is 2. The van der Waals surface area contributed by atoms with Crippen LogP contribution in [-0.4, -0.2) is 25.1 Å². The Morgan fingerprint density at radius 2 is 2.17 bits per heavy atom. The van der Waals surface area contributed by atoms with E-state index in [0.717, 1.165) is 11.8 Å². The average Bonchev–Trinajstić information content (AvgIpc) is 2.03. The molecule has 0 aromatic heterocycles. The first kappa shape index (κ1) is 9.88. The van der Waals surface area contributed by atoms with E-state index in [2.05, 4.69) is 0 Å². The first-order valence-electron chi connectivity index (χ1n) is 3.04. The lowest BCUT2D eigenvalue weighted by atomic mass is 10.6. The third-order valence-corrected chi connectivity index (χ3v) is 4.39. The molecule has 0 fully saturated rings. The molecule has 0 amide bonds. The van der Waals surface area contributed by atoms with Crippen LogP contribution in [0.25, 0.3) is 0 Å². The van der Waals surface area contributed by atoms with Crippen LogP contribution in [-0.2, 0) is 9.84 Å². The van der Waals surface area contributed by atoms with Gasteiger partial charge in [-0.1, -0.05) is 11.6 Å². The molecule has 0 atom stereocenters. The molecule has 0 saturated carbocycles. The topological polar surface area (TPSA) is 85.8 Å². The second-order valence-electron chi connectivity index (χ2n) is 2.36. The standard InChI is InChI=1S/C5H7ClN2O2S2/c6-3-1-12(9,10)2-4(3)11-5(7)8/h1-2H2,(H3,7,8)/p+1. The monoisotopic (exact) mass is 227 g/mol. The van der Waals surface area contributed by atoms with Crippen molar-refractivity contribution in [2.75, 3.05) is 11.5 Å². The van der Waals surface area contributed by atoms with Crippen LogP contribution in [0.4, 0.5) is 0 Å². The van der Waals surface area contributed by atoms with Crippen LogP contribution >= 0.6 is 23.4 Å². The molecular formula is C5H8ClN2O2S2+. The van der Waals surface area contributed by atoms with Gasteiger partial charge in [0.05, 0.1) is 11.5 Å². The number of thioether (sulfide) groups is 1. The molecule has 12 heavy (non-hydrogen) atoms. The second kappa shape index (κ2) is 3.27. The van der Waals surface area contributed by atoms with Gasteiger partial charge in [0, 0.05) is 9.94 Å². The van der Waals surface area contributed by atoms with Crippen molar-refractivity contribution in [2.24, 2.45) is 5.73 Å². The Balaban J connectivity index is 2.80. The molecule has 68 valence electrons. The predicted molar refractivity (Wildman–Crippen MR) is 50.2 cm³/mol. The van der Waals surface area contributed by atoms with E-state index in [0.29, 0.717) is 9.94 Å². The molecule has 1 heterocycles. The van der Waals surface area contributed by atoms with E-state index in [1.165, 1.54) is 0 Å². The van der Waals surface area contributed by atoms with E-state index in [4.69, 9.17) is 22.7 Å². The summed E-state index contributed by atoms with van der Waals surface area (Å²) in [6, 6.07) is 0. The van der Waals surface area contributed by atoms with Crippen molar-refractivity contribution in [3.63, 3.8) is 0 Å². The Hall–Kier alpha value is -0.200. The highest BCUT2D eigenvalue weighted by molar-refractivity contribution is 8.17. The zero-order chi connectivity index (χ0) is 9.35. The lowest BCUT2D eigenvalue weighted by Crippen LogP contribution is -2.43. The largest absolute Gasteiger partial charge is 0.304 e. The highest BCUT2D eigenvalue weighted by atomic mass is 35.5. The summed E-state index contributed by atoms with van der Waals surface area (Å²) in [7, 11) is -3.04. The van der Waals surface area contributed by atoms with Crippen molar-refractivity contribution in [3.05, 3.63) is 9.94 Å². The summed E-state index contributed by atoms with van der Waals surface area (Å²) in [6.45, 7) is 0. The minimum Gasteiger partial charge on any atom is -0.281 e. The molecular weight excluding hydrogens is 220 g/mol. The molecule has 0 unspecified atom stereocenters. The van der Waals surface area contributed by atoms with Crippen molar-refractivity contribution in [2.45, 2.75) is 0 Å². The minimum absolute atomic E-state index is 0.0472. The highest BCUT2D eigenvalue weighted by Crippen LogP contribution is 2.30. The van der Waals surface area contributed by atoms with E-state index in [-0.39, 0.29) is 16.7 Å².